The van der Waals surface area contributed by atoms with Crippen molar-refractivity contribution in [3.63, 3.8) is 0 Å². The van der Waals surface area contributed by atoms with Gasteiger partial charge in [-0.05, 0) is 23.8 Å². The van der Waals surface area contributed by atoms with Gasteiger partial charge in [0.25, 0.3) is 0 Å². The lowest BCUT2D eigenvalue weighted by Gasteiger charge is -2.35. The summed E-state index contributed by atoms with van der Waals surface area (Å²) in [7, 11) is 1.41. The van der Waals surface area contributed by atoms with E-state index in [1.807, 2.05) is 54.5 Å². The first-order valence-corrected chi connectivity index (χ1v) is 10.9. The van der Waals surface area contributed by atoms with Crippen molar-refractivity contribution in [2.45, 2.75) is 60.7 Å². The third kappa shape index (κ3) is 5.28. The number of phenols is 2. The molecule has 0 saturated heterocycles. The van der Waals surface area contributed by atoms with E-state index in [2.05, 4.69) is 0 Å². The number of benzene rings is 2. The summed E-state index contributed by atoms with van der Waals surface area (Å²) in [5, 5.41) is 30.2. The molecule has 7 heteroatoms. The van der Waals surface area contributed by atoms with Gasteiger partial charge in [-0.3, -0.25) is 0 Å². The van der Waals surface area contributed by atoms with Gasteiger partial charge in [-0.15, -0.1) is 0 Å². The van der Waals surface area contributed by atoms with Crippen molar-refractivity contribution in [3.05, 3.63) is 35.4 Å². The molecule has 0 aromatic heterocycles. The number of fused-ring (bicyclic) bond motifs is 2. The Kier molecular flexibility index (Phi) is 10.3. The normalized spacial score (nSPS) is 19.7. The molecule has 0 fully saturated rings. The predicted octanol–water partition coefficient (Wildman–Crippen LogP) is 5.39. The molecule has 4 rings (SSSR count). The van der Waals surface area contributed by atoms with Crippen molar-refractivity contribution in [3.8, 4) is 34.5 Å². The number of aliphatic hydroxyl groups is 1. The van der Waals surface area contributed by atoms with Gasteiger partial charge in [-0.25, -0.2) is 0 Å². The summed E-state index contributed by atoms with van der Waals surface area (Å²) in [4.78, 5) is 0. The molecule has 31 heavy (non-hydrogen) atoms. The zero-order chi connectivity index (χ0) is 23.7. The van der Waals surface area contributed by atoms with Crippen molar-refractivity contribution >= 4 is 0 Å². The van der Waals surface area contributed by atoms with E-state index >= 15 is 0 Å². The Morgan fingerprint density at radius 1 is 0.871 bits per heavy atom. The van der Waals surface area contributed by atoms with Crippen LogP contribution in [0.3, 0.4) is 0 Å². The zero-order valence-corrected chi connectivity index (χ0v) is 19.7. The summed E-state index contributed by atoms with van der Waals surface area (Å²) in [6.07, 6.45) is -1.03. The van der Waals surface area contributed by atoms with Gasteiger partial charge in [0.1, 0.15) is 5.75 Å². The van der Waals surface area contributed by atoms with Crippen LogP contribution >= 0.6 is 0 Å². The van der Waals surface area contributed by atoms with Crippen molar-refractivity contribution in [1.82, 2.24) is 0 Å². The molecular weight excluding hydrogens is 400 g/mol. The molecule has 7 nitrogen and oxygen atoms in total. The minimum atomic E-state index is -1.03. The molecule has 2 heterocycles. The molecule has 2 aliphatic heterocycles. The number of methoxy groups -OCH3 is 1. The minimum Gasteiger partial charge on any atom is -0.504 e. The largest absolute Gasteiger partial charge is 0.504 e. The van der Waals surface area contributed by atoms with Gasteiger partial charge in [0.05, 0.1) is 7.11 Å². The molecule has 2 aliphatic rings. The van der Waals surface area contributed by atoms with E-state index in [0.717, 1.165) is 5.56 Å². The number of phenolic OH excluding ortho intramolecular Hbond substituents is 2. The highest BCUT2D eigenvalue weighted by Gasteiger charge is 2.38. The summed E-state index contributed by atoms with van der Waals surface area (Å²) in [5.74, 6) is 0.602. The number of rotatable bonds is 2. The molecule has 3 N–H and O–H groups in total. The number of aliphatic hydroxyl groups excluding tert-OH is 1. The standard InChI is InChI=1S/C18H18O7.3C2H6/c1-8-16(9-3-11(19)17(20)15(4-9)22-2)10-5-13-14(24-7-23-13)6-12(10)25-18(8)21;3*1-2/h3-6,8,16,18-21H,7H2,1-2H3;3*1-2H3. The SMILES string of the molecule is CC.CC.CC.COc1cc(C2c3cc4c(cc3OC(O)C2C)OCO4)cc(O)c1O. The van der Waals surface area contributed by atoms with E-state index in [4.69, 9.17) is 18.9 Å². The third-order valence-corrected chi connectivity index (χ3v) is 4.72. The van der Waals surface area contributed by atoms with Crippen molar-refractivity contribution in [2.24, 2.45) is 5.92 Å². The van der Waals surface area contributed by atoms with Gasteiger partial charge in [0, 0.05) is 23.5 Å². The zero-order valence-electron chi connectivity index (χ0n) is 19.7. The first kappa shape index (κ1) is 26.2. The van der Waals surface area contributed by atoms with E-state index in [-0.39, 0.29) is 35.9 Å². The van der Waals surface area contributed by atoms with Gasteiger partial charge in [-0.2, -0.15) is 0 Å². The van der Waals surface area contributed by atoms with Gasteiger partial charge in [0.2, 0.25) is 18.8 Å². The molecular formula is C24H36O7. The molecule has 0 aliphatic carbocycles. The van der Waals surface area contributed by atoms with Crippen LogP contribution in [0.25, 0.3) is 0 Å². The summed E-state index contributed by atoms with van der Waals surface area (Å²) < 4.78 is 21.5. The molecule has 174 valence electrons. The van der Waals surface area contributed by atoms with Crippen molar-refractivity contribution in [2.75, 3.05) is 13.9 Å². The summed E-state index contributed by atoms with van der Waals surface area (Å²) >= 11 is 0. The van der Waals surface area contributed by atoms with Gasteiger partial charge in [-0.1, -0.05) is 48.5 Å². The Morgan fingerprint density at radius 2 is 1.45 bits per heavy atom. The smallest absolute Gasteiger partial charge is 0.231 e. The van der Waals surface area contributed by atoms with Crippen LogP contribution in [0.15, 0.2) is 24.3 Å². The molecule has 0 bridgehead atoms. The fraction of sp³-hybridized carbons (Fsp3) is 0.500. The highest BCUT2D eigenvalue weighted by atomic mass is 16.7. The maximum Gasteiger partial charge on any atom is 0.231 e. The van der Waals surface area contributed by atoms with E-state index < -0.39 is 6.29 Å². The van der Waals surface area contributed by atoms with Crippen LogP contribution in [0.4, 0.5) is 0 Å². The highest BCUT2D eigenvalue weighted by Crippen LogP contribution is 2.50. The molecule has 2 aromatic rings. The number of aromatic hydroxyl groups is 2. The average molecular weight is 437 g/mol. The lowest BCUT2D eigenvalue weighted by Crippen LogP contribution is -2.34. The molecule has 0 saturated carbocycles. The fourth-order valence-corrected chi connectivity index (χ4v) is 3.40. The van der Waals surface area contributed by atoms with Gasteiger partial charge >= 0.3 is 0 Å². The predicted molar refractivity (Wildman–Crippen MR) is 121 cm³/mol. The Morgan fingerprint density at radius 3 is 2.03 bits per heavy atom. The van der Waals surface area contributed by atoms with Gasteiger partial charge < -0.3 is 34.3 Å². The molecule has 0 spiro atoms. The topological polar surface area (TPSA) is 97.6 Å². The van der Waals surface area contributed by atoms with Crippen LogP contribution in [-0.4, -0.2) is 35.5 Å². The van der Waals surface area contributed by atoms with E-state index in [1.165, 1.54) is 13.2 Å². The fourth-order valence-electron chi connectivity index (χ4n) is 3.40. The number of hydrogen-bond donors (Lipinski definition) is 3. The maximum atomic E-state index is 10.3. The average Bonchev–Trinajstić information content (AvgIpc) is 3.27. The Hall–Kier alpha value is -2.80. The Bertz CT molecular complexity index is 835. The van der Waals surface area contributed by atoms with Crippen molar-refractivity contribution < 1.29 is 34.3 Å². The van der Waals surface area contributed by atoms with Crippen LogP contribution < -0.4 is 18.9 Å². The highest BCUT2D eigenvalue weighted by molar-refractivity contribution is 5.59. The van der Waals surface area contributed by atoms with E-state index in [1.54, 1.807) is 12.1 Å². The summed E-state index contributed by atoms with van der Waals surface area (Å²) in [6.45, 7) is 14.0. The van der Waals surface area contributed by atoms with Crippen LogP contribution in [0.5, 0.6) is 34.5 Å². The van der Waals surface area contributed by atoms with Crippen LogP contribution in [-0.2, 0) is 0 Å². The van der Waals surface area contributed by atoms with E-state index in [9.17, 15) is 15.3 Å². The second-order valence-electron chi connectivity index (χ2n) is 6.18. The molecule has 3 atom stereocenters. The lowest BCUT2D eigenvalue weighted by atomic mass is 9.79. The van der Waals surface area contributed by atoms with Crippen LogP contribution in [0.2, 0.25) is 0 Å². The second-order valence-corrected chi connectivity index (χ2v) is 6.18. The van der Waals surface area contributed by atoms with Gasteiger partial charge in [0.15, 0.2) is 23.0 Å². The number of hydrogen-bond acceptors (Lipinski definition) is 7. The molecule has 0 amide bonds. The maximum absolute atomic E-state index is 10.3. The Balaban J connectivity index is 0.000000739. The van der Waals surface area contributed by atoms with Crippen LogP contribution in [0.1, 0.15) is 65.5 Å². The minimum absolute atomic E-state index is 0.134. The monoisotopic (exact) mass is 436 g/mol. The van der Waals surface area contributed by atoms with E-state index in [0.29, 0.717) is 22.8 Å². The molecule has 0 radical (unpaired) electrons. The quantitative estimate of drug-likeness (QED) is 0.543. The first-order valence-electron chi connectivity index (χ1n) is 10.9. The molecule has 2 aromatic carbocycles. The summed E-state index contributed by atoms with van der Waals surface area (Å²) in [6, 6.07) is 6.62. The Labute approximate surface area is 185 Å². The third-order valence-electron chi connectivity index (χ3n) is 4.72. The van der Waals surface area contributed by atoms with Crippen LogP contribution in [0, 0.1) is 5.92 Å². The number of ether oxygens (including phenoxy) is 4. The lowest BCUT2D eigenvalue weighted by molar-refractivity contribution is -0.0729. The van der Waals surface area contributed by atoms with Crippen molar-refractivity contribution in [1.29, 1.82) is 0 Å². The summed E-state index contributed by atoms with van der Waals surface area (Å²) in [5.41, 5.74) is 1.48. The first-order chi connectivity index (χ1) is 15.0. The second kappa shape index (κ2) is 12.2. The molecule has 3 unspecified atom stereocenters.